The predicted molar refractivity (Wildman–Crippen MR) is 248 cm³/mol. The molecule has 0 unspecified atom stereocenters. The van der Waals surface area contributed by atoms with Gasteiger partial charge in [0, 0.05) is 0 Å². The Balaban J connectivity index is 2.02. The Morgan fingerprint density at radius 3 is 1.40 bits per heavy atom. The first kappa shape index (κ1) is 46.4. The highest BCUT2D eigenvalue weighted by molar-refractivity contribution is 6.42. The van der Waals surface area contributed by atoms with E-state index in [9.17, 15) is 0 Å². The zero-order valence-corrected chi connectivity index (χ0v) is 37.0. The second-order valence-corrected chi connectivity index (χ2v) is 16.4. The van der Waals surface area contributed by atoms with Crippen molar-refractivity contribution in [2.75, 3.05) is 0 Å². The molecule has 0 radical (unpaired) electrons. The van der Waals surface area contributed by atoms with Crippen molar-refractivity contribution in [3.8, 4) is 11.1 Å². The Kier molecular flexibility index (Phi) is 24.0. The number of aliphatic imine (C=N–C) groups is 2. The molecule has 0 fully saturated rings. The highest BCUT2D eigenvalue weighted by atomic mass is 14.8. The highest BCUT2D eigenvalue weighted by Crippen LogP contribution is 2.35. The summed E-state index contributed by atoms with van der Waals surface area (Å²) in [4.78, 5) is 10.8. The molecule has 0 saturated carbocycles. The van der Waals surface area contributed by atoms with Crippen LogP contribution in [-0.2, 0) is 32.1 Å². The number of benzene rings is 3. The van der Waals surface area contributed by atoms with Crippen molar-refractivity contribution in [1.29, 1.82) is 0 Å². The van der Waals surface area contributed by atoms with Crippen molar-refractivity contribution in [3.05, 3.63) is 82.4 Å². The highest BCUT2D eigenvalue weighted by Gasteiger charge is 2.15. The van der Waals surface area contributed by atoms with E-state index in [1.54, 1.807) is 16.7 Å². The summed E-state index contributed by atoms with van der Waals surface area (Å²) in [6, 6.07) is 20.8. The molecule has 0 spiro atoms. The third-order valence-electron chi connectivity index (χ3n) is 11.7. The van der Waals surface area contributed by atoms with E-state index in [0.717, 1.165) is 48.5 Å². The quantitative estimate of drug-likeness (QED) is 0.0479. The van der Waals surface area contributed by atoms with Crippen LogP contribution in [0.2, 0.25) is 0 Å². The molecule has 0 aromatic heterocycles. The third-order valence-corrected chi connectivity index (χ3v) is 11.7. The number of unbranched alkanes of at least 4 members (excludes halogenated alkanes) is 16. The lowest BCUT2D eigenvalue weighted by atomic mass is 9.88. The van der Waals surface area contributed by atoms with Gasteiger partial charge in [-0.15, -0.1) is 0 Å². The summed E-state index contributed by atoms with van der Waals surface area (Å²) >= 11 is 0. The Morgan fingerprint density at radius 1 is 0.436 bits per heavy atom. The van der Waals surface area contributed by atoms with Gasteiger partial charge in [0.1, 0.15) is 0 Å². The van der Waals surface area contributed by atoms with Crippen LogP contribution in [-0.4, -0.2) is 11.4 Å². The van der Waals surface area contributed by atoms with Crippen LogP contribution in [0.5, 0.6) is 0 Å². The van der Waals surface area contributed by atoms with Gasteiger partial charge in [0.25, 0.3) is 0 Å². The van der Waals surface area contributed by atoms with Gasteiger partial charge in [0.05, 0.1) is 22.8 Å². The lowest BCUT2D eigenvalue weighted by Crippen LogP contribution is -2.09. The van der Waals surface area contributed by atoms with Gasteiger partial charge in [0.15, 0.2) is 0 Å². The zero-order chi connectivity index (χ0) is 39.5. The normalized spacial score (nSPS) is 12.2. The first-order valence-electron chi connectivity index (χ1n) is 23.5. The average Bonchev–Trinajstić information content (AvgIpc) is 3.20. The van der Waals surface area contributed by atoms with E-state index in [1.807, 2.05) is 0 Å². The summed E-state index contributed by atoms with van der Waals surface area (Å²) in [5, 5.41) is 0. The number of nitrogens with zero attached hydrogens (tertiary/aromatic N) is 2. The summed E-state index contributed by atoms with van der Waals surface area (Å²) in [6.07, 6.45) is 33.0. The maximum atomic E-state index is 5.41. The van der Waals surface area contributed by atoms with E-state index < -0.39 is 0 Å². The van der Waals surface area contributed by atoms with Gasteiger partial charge < -0.3 is 0 Å². The molecule has 0 aliphatic heterocycles. The van der Waals surface area contributed by atoms with Crippen LogP contribution < -0.4 is 0 Å². The van der Waals surface area contributed by atoms with E-state index >= 15 is 0 Å². The summed E-state index contributed by atoms with van der Waals surface area (Å²) in [7, 11) is 0. The minimum Gasteiger partial charge on any atom is -0.252 e. The van der Waals surface area contributed by atoms with Crippen molar-refractivity contribution < 1.29 is 0 Å². The molecule has 3 aromatic carbocycles. The third kappa shape index (κ3) is 16.9. The van der Waals surface area contributed by atoms with Gasteiger partial charge in [-0.25, -0.2) is 0 Å². The van der Waals surface area contributed by atoms with Crippen LogP contribution in [0.3, 0.4) is 0 Å². The van der Waals surface area contributed by atoms with Crippen LogP contribution in [0.25, 0.3) is 11.1 Å². The molecule has 0 bridgehead atoms. The molecule has 3 aromatic rings. The fourth-order valence-corrected chi connectivity index (χ4v) is 8.36. The predicted octanol–water partition coefficient (Wildman–Crippen LogP) is 17.2. The first-order valence-corrected chi connectivity index (χ1v) is 23.5. The molecule has 3 rings (SSSR count). The number of hydrogen-bond donors (Lipinski definition) is 0. The molecular weight excluding hydrogens is 665 g/mol. The molecule has 2 nitrogen and oxygen atoms in total. The van der Waals surface area contributed by atoms with E-state index in [4.69, 9.17) is 9.98 Å². The average molecular weight is 747 g/mol. The Hall–Kier alpha value is -3.00. The molecule has 0 aliphatic rings. The van der Waals surface area contributed by atoms with Crippen molar-refractivity contribution in [2.45, 2.75) is 215 Å². The molecule has 0 saturated heterocycles. The number of hydrogen-bond acceptors (Lipinski definition) is 2. The van der Waals surface area contributed by atoms with E-state index in [1.165, 1.54) is 164 Å². The van der Waals surface area contributed by atoms with E-state index in [-0.39, 0.29) is 0 Å². The molecule has 0 atom stereocenters. The van der Waals surface area contributed by atoms with Crippen molar-refractivity contribution in [1.82, 2.24) is 0 Å². The second kappa shape index (κ2) is 28.4. The van der Waals surface area contributed by atoms with Gasteiger partial charge in [0.2, 0.25) is 0 Å². The zero-order valence-electron chi connectivity index (χ0n) is 37.0. The maximum absolute atomic E-state index is 5.41. The minimum atomic E-state index is 0.869. The molecular formula is C53H82N2. The molecule has 0 heterocycles. The van der Waals surface area contributed by atoms with Crippen molar-refractivity contribution in [2.24, 2.45) is 9.98 Å². The summed E-state index contributed by atoms with van der Waals surface area (Å²) in [6.45, 7) is 16.0. The van der Waals surface area contributed by atoms with Crippen LogP contribution in [0.1, 0.15) is 211 Å². The van der Waals surface area contributed by atoms with Gasteiger partial charge >= 0.3 is 0 Å². The standard InChI is InChI=1S/C53H82N2/c1-8-14-18-22-24-27-35-46-40-48(39-44(12-5)50(46)37-31-20-16-10-3)55-53(13-6)43(7)54-49-41-47(36-28-25-23-19-15-9-2)51(38-32-21-17-11-4)52(42-49)45-33-29-26-30-34-45/h26,29-30,33-34,39-42H,8-25,27-28,31-32,35-38H2,1-7H3. The molecule has 0 aliphatic carbocycles. The first-order chi connectivity index (χ1) is 27.0. The van der Waals surface area contributed by atoms with Crippen LogP contribution in [0.15, 0.2) is 64.6 Å². The molecule has 304 valence electrons. The van der Waals surface area contributed by atoms with Gasteiger partial charge in [-0.2, -0.15) is 0 Å². The van der Waals surface area contributed by atoms with Crippen molar-refractivity contribution >= 4 is 22.8 Å². The largest absolute Gasteiger partial charge is 0.252 e. The fraction of sp³-hybridized carbons (Fsp3) is 0.623. The lowest BCUT2D eigenvalue weighted by Gasteiger charge is -2.18. The smallest absolute Gasteiger partial charge is 0.0642 e. The number of aryl methyl sites for hydroxylation is 3. The van der Waals surface area contributed by atoms with Gasteiger partial charge in [-0.1, -0.05) is 175 Å². The van der Waals surface area contributed by atoms with Crippen LogP contribution in [0, 0.1) is 0 Å². The van der Waals surface area contributed by atoms with Crippen LogP contribution >= 0.6 is 0 Å². The Labute approximate surface area is 340 Å². The Morgan fingerprint density at radius 2 is 0.873 bits per heavy atom. The maximum Gasteiger partial charge on any atom is 0.0642 e. The topological polar surface area (TPSA) is 24.7 Å². The fourth-order valence-electron chi connectivity index (χ4n) is 8.36. The molecule has 0 amide bonds. The Bertz CT molecular complexity index is 1530. The SMILES string of the molecule is CCCCCCCCc1cc(N=C(CC)C(C)=Nc2cc(CCCCCCCC)c(CCCCCC)c(-c3ccccc3)c2)cc(CC)c1CCCCCC. The summed E-state index contributed by atoms with van der Waals surface area (Å²) in [5.74, 6) is 0. The van der Waals surface area contributed by atoms with Crippen molar-refractivity contribution in [3.63, 3.8) is 0 Å². The lowest BCUT2D eigenvalue weighted by molar-refractivity contribution is 0.605. The van der Waals surface area contributed by atoms with E-state index in [2.05, 4.69) is 103 Å². The molecule has 2 heteroatoms. The number of rotatable bonds is 30. The summed E-state index contributed by atoms with van der Waals surface area (Å²) in [5.41, 5.74) is 14.8. The summed E-state index contributed by atoms with van der Waals surface area (Å²) < 4.78 is 0. The minimum absolute atomic E-state index is 0.869. The second-order valence-electron chi connectivity index (χ2n) is 16.4. The monoisotopic (exact) mass is 747 g/mol. The molecule has 55 heavy (non-hydrogen) atoms. The van der Waals surface area contributed by atoms with Gasteiger partial charge in [-0.05, 0) is 134 Å². The van der Waals surface area contributed by atoms with Gasteiger partial charge in [-0.3, -0.25) is 9.98 Å². The van der Waals surface area contributed by atoms with E-state index in [0.29, 0.717) is 0 Å². The molecule has 0 N–H and O–H groups in total. The van der Waals surface area contributed by atoms with Crippen LogP contribution in [0.4, 0.5) is 11.4 Å².